The zero-order valence-corrected chi connectivity index (χ0v) is 14.0. The van der Waals surface area contributed by atoms with Crippen LogP contribution in [0.3, 0.4) is 0 Å². The van der Waals surface area contributed by atoms with E-state index in [1.165, 1.54) is 53.2 Å². The van der Waals surface area contributed by atoms with Gasteiger partial charge in [0.1, 0.15) is 6.33 Å². The van der Waals surface area contributed by atoms with Crippen molar-refractivity contribution in [2.45, 2.75) is 43.8 Å². The molecular formula is C16H21N5OS. The Morgan fingerprint density at radius 2 is 2.17 bits per heavy atom. The van der Waals surface area contributed by atoms with Crippen LogP contribution in [0.5, 0.6) is 0 Å². The molecule has 0 spiro atoms. The molecule has 1 aliphatic carbocycles. The number of thioether (sulfide) groups is 1. The fraction of sp³-hybridized carbons (Fsp3) is 0.438. The highest BCUT2D eigenvalue weighted by Crippen LogP contribution is 2.25. The Labute approximate surface area is 139 Å². The minimum atomic E-state index is -0.0387. The maximum atomic E-state index is 12.1. The first kappa shape index (κ1) is 15.9. The Morgan fingerprint density at radius 1 is 1.39 bits per heavy atom. The van der Waals surface area contributed by atoms with E-state index in [9.17, 15) is 4.79 Å². The van der Waals surface area contributed by atoms with Gasteiger partial charge in [-0.15, -0.1) is 10.2 Å². The van der Waals surface area contributed by atoms with E-state index in [1.54, 1.807) is 0 Å². The lowest BCUT2D eigenvalue weighted by atomic mass is 9.89. The van der Waals surface area contributed by atoms with Crippen molar-refractivity contribution in [2.75, 3.05) is 11.6 Å². The van der Waals surface area contributed by atoms with Crippen molar-refractivity contribution >= 4 is 17.7 Å². The highest BCUT2D eigenvalue weighted by Gasteiger charge is 2.15. The van der Waals surface area contributed by atoms with Gasteiger partial charge in [-0.25, -0.2) is 4.68 Å². The number of hydrogen-bond donors (Lipinski definition) is 2. The molecule has 2 aromatic rings. The van der Waals surface area contributed by atoms with Crippen molar-refractivity contribution in [3.8, 4) is 0 Å². The minimum absolute atomic E-state index is 0.00827. The molecule has 1 aliphatic rings. The fourth-order valence-electron chi connectivity index (χ4n) is 2.85. The van der Waals surface area contributed by atoms with Gasteiger partial charge in [-0.05, 0) is 49.3 Å². The highest BCUT2D eigenvalue weighted by molar-refractivity contribution is 7.99. The lowest BCUT2D eigenvalue weighted by Gasteiger charge is -2.20. The summed E-state index contributed by atoms with van der Waals surface area (Å²) in [5.41, 5.74) is 4.04. The SMILES string of the molecule is C[C@@H](NC(=O)CSc1nncn1N)c1ccc2c(c1)CCCC2. The van der Waals surface area contributed by atoms with Gasteiger partial charge in [-0.3, -0.25) is 4.79 Å². The molecule has 23 heavy (non-hydrogen) atoms. The Kier molecular flexibility index (Phi) is 4.85. The second-order valence-corrected chi connectivity index (χ2v) is 6.78. The van der Waals surface area contributed by atoms with E-state index in [0.717, 1.165) is 12.0 Å². The summed E-state index contributed by atoms with van der Waals surface area (Å²) in [4.78, 5) is 12.1. The summed E-state index contributed by atoms with van der Waals surface area (Å²) >= 11 is 1.27. The lowest BCUT2D eigenvalue weighted by molar-refractivity contribution is -0.119. The van der Waals surface area contributed by atoms with Crippen LogP contribution in [-0.4, -0.2) is 26.5 Å². The topological polar surface area (TPSA) is 85.8 Å². The Bertz CT molecular complexity index is 700. The molecule has 6 nitrogen and oxygen atoms in total. The largest absolute Gasteiger partial charge is 0.349 e. The van der Waals surface area contributed by atoms with Crippen LogP contribution in [0.2, 0.25) is 0 Å². The molecule has 7 heteroatoms. The fourth-order valence-corrected chi connectivity index (χ4v) is 3.50. The van der Waals surface area contributed by atoms with Crippen LogP contribution in [-0.2, 0) is 17.6 Å². The summed E-state index contributed by atoms with van der Waals surface area (Å²) in [6.45, 7) is 2.01. The standard InChI is InChI=1S/C16H21N5OS/c1-11(13-7-6-12-4-2-3-5-14(12)8-13)19-15(22)9-23-16-20-18-10-21(16)17/h6-8,10-11H,2-5,9,17H2,1H3,(H,19,22)/t11-/m1/s1. The number of benzene rings is 1. The number of fused-ring (bicyclic) bond motifs is 1. The number of rotatable bonds is 5. The molecule has 122 valence electrons. The molecule has 0 radical (unpaired) electrons. The molecule has 0 aliphatic heterocycles. The molecular weight excluding hydrogens is 310 g/mol. The second-order valence-electron chi connectivity index (χ2n) is 5.83. The van der Waals surface area contributed by atoms with Crippen LogP contribution in [0.25, 0.3) is 0 Å². The molecule has 1 heterocycles. The first-order chi connectivity index (χ1) is 11.1. The number of nitrogens with zero attached hydrogens (tertiary/aromatic N) is 3. The zero-order valence-electron chi connectivity index (χ0n) is 13.2. The Balaban J connectivity index is 1.57. The number of nitrogen functional groups attached to an aromatic ring is 1. The van der Waals surface area contributed by atoms with Crippen LogP contribution >= 0.6 is 11.8 Å². The Hall–Kier alpha value is -2.02. The molecule has 0 unspecified atom stereocenters. The van der Waals surface area contributed by atoms with Crippen molar-refractivity contribution in [3.05, 3.63) is 41.2 Å². The predicted octanol–water partition coefficient (Wildman–Crippen LogP) is 1.84. The van der Waals surface area contributed by atoms with Crippen molar-refractivity contribution in [2.24, 2.45) is 0 Å². The van der Waals surface area contributed by atoms with Crippen molar-refractivity contribution in [1.29, 1.82) is 0 Å². The summed E-state index contributed by atoms with van der Waals surface area (Å²) in [6, 6.07) is 6.56. The van der Waals surface area contributed by atoms with Crippen LogP contribution in [0.15, 0.2) is 29.7 Å². The molecule has 3 rings (SSSR count). The van der Waals surface area contributed by atoms with Gasteiger partial charge in [-0.2, -0.15) is 0 Å². The smallest absolute Gasteiger partial charge is 0.230 e. The number of amides is 1. The van der Waals surface area contributed by atoms with Gasteiger partial charge < -0.3 is 11.2 Å². The zero-order chi connectivity index (χ0) is 16.2. The summed E-state index contributed by atoms with van der Waals surface area (Å²) in [5, 5.41) is 11.1. The normalized spacial score (nSPS) is 15.0. The van der Waals surface area contributed by atoms with Crippen LogP contribution in [0, 0.1) is 0 Å². The maximum Gasteiger partial charge on any atom is 0.230 e. The van der Waals surface area contributed by atoms with Crippen molar-refractivity contribution in [3.63, 3.8) is 0 Å². The quantitative estimate of drug-likeness (QED) is 0.645. The van der Waals surface area contributed by atoms with E-state index < -0.39 is 0 Å². The number of carbonyl (C=O) groups excluding carboxylic acids is 1. The van der Waals surface area contributed by atoms with E-state index in [0.29, 0.717) is 5.16 Å². The first-order valence-electron chi connectivity index (χ1n) is 7.82. The average molecular weight is 331 g/mol. The van der Waals surface area contributed by atoms with Gasteiger partial charge in [0.25, 0.3) is 0 Å². The third-order valence-corrected chi connectivity index (χ3v) is 5.08. The summed E-state index contributed by atoms with van der Waals surface area (Å²) < 4.78 is 1.31. The van der Waals surface area contributed by atoms with Gasteiger partial charge >= 0.3 is 0 Å². The van der Waals surface area contributed by atoms with E-state index in [1.807, 2.05) is 6.92 Å². The van der Waals surface area contributed by atoms with Gasteiger partial charge in [0.15, 0.2) is 0 Å². The van der Waals surface area contributed by atoms with Crippen LogP contribution < -0.4 is 11.2 Å². The number of aryl methyl sites for hydroxylation is 2. The first-order valence-corrected chi connectivity index (χ1v) is 8.81. The molecule has 3 N–H and O–H groups in total. The highest BCUT2D eigenvalue weighted by atomic mass is 32.2. The number of nitrogens with one attached hydrogen (secondary N) is 1. The number of carbonyl (C=O) groups is 1. The molecule has 0 saturated carbocycles. The number of hydrogen-bond acceptors (Lipinski definition) is 5. The Morgan fingerprint density at radius 3 is 2.91 bits per heavy atom. The lowest BCUT2D eigenvalue weighted by Crippen LogP contribution is -2.28. The number of nitrogens with two attached hydrogens (primary N) is 1. The van der Waals surface area contributed by atoms with E-state index >= 15 is 0 Å². The summed E-state index contributed by atoms with van der Waals surface area (Å²) in [6.07, 6.45) is 6.27. The second kappa shape index (κ2) is 7.04. The van der Waals surface area contributed by atoms with Gasteiger partial charge in [0.05, 0.1) is 11.8 Å². The molecule has 0 saturated heterocycles. The van der Waals surface area contributed by atoms with E-state index in [4.69, 9.17) is 5.84 Å². The van der Waals surface area contributed by atoms with Crippen molar-refractivity contribution < 1.29 is 4.79 Å². The van der Waals surface area contributed by atoms with Gasteiger partial charge in [0.2, 0.25) is 11.1 Å². The summed E-state index contributed by atoms with van der Waals surface area (Å²) in [7, 11) is 0. The average Bonchev–Trinajstić information content (AvgIpc) is 2.97. The third-order valence-electron chi connectivity index (χ3n) is 4.12. The molecule has 0 bridgehead atoms. The molecule has 1 aromatic heterocycles. The van der Waals surface area contributed by atoms with Crippen molar-refractivity contribution in [1.82, 2.24) is 20.2 Å². The summed E-state index contributed by atoms with van der Waals surface area (Å²) in [5.74, 6) is 5.85. The molecule has 1 amide bonds. The molecule has 0 fully saturated rings. The van der Waals surface area contributed by atoms with Crippen LogP contribution in [0.4, 0.5) is 0 Å². The third kappa shape index (κ3) is 3.85. The maximum absolute atomic E-state index is 12.1. The predicted molar refractivity (Wildman–Crippen MR) is 90.5 cm³/mol. The van der Waals surface area contributed by atoms with Crippen LogP contribution in [0.1, 0.15) is 42.5 Å². The minimum Gasteiger partial charge on any atom is -0.349 e. The van der Waals surface area contributed by atoms with E-state index in [2.05, 4.69) is 33.7 Å². The van der Waals surface area contributed by atoms with E-state index in [-0.39, 0.29) is 17.7 Å². The monoisotopic (exact) mass is 331 g/mol. The van der Waals surface area contributed by atoms with Gasteiger partial charge in [0, 0.05) is 0 Å². The van der Waals surface area contributed by atoms with Gasteiger partial charge in [-0.1, -0.05) is 30.0 Å². The molecule has 1 aromatic carbocycles. The molecule has 1 atom stereocenters. The number of aromatic nitrogens is 3.